The molecule has 0 spiro atoms. The van der Waals surface area contributed by atoms with Crippen molar-refractivity contribution in [1.29, 1.82) is 0 Å². The number of hydrogen-bond acceptors (Lipinski definition) is 3. The van der Waals surface area contributed by atoms with E-state index in [0.29, 0.717) is 0 Å². The summed E-state index contributed by atoms with van der Waals surface area (Å²) in [7, 11) is 0. The molecule has 1 aliphatic carbocycles. The van der Waals surface area contributed by atoms with Crippen LogP contribution in [0, 0.1) is 0 Å². The van der Waals surface area contributed by atoms with Crippen molar-refractivity contribution in [2.75, 3.05) is 12.7 Å². The Morgan fingerprint density at radius 1 is 1.35 bits per heavy atom. The Hall–Kier alpha value is -1.42. The number of alkyl halides is 1. The molecule has 90 valence electrons. The highest BCUT2D eigenvalue weighted by molar-refractivity contribution is 6.27. The molecule has 1 aliphatic heterocycles. The van der Waals surface area contributed by atoms with E-state index in [1.807, 2.05) is 18.2 Å². The fraction of sp³-hybridized carbons (Fsp3) is 0.417. The van der Waals surface area contributed by atoms with Gasteiger partial charge in [-0.15, -0.1) is 11.6 Å². The second kappa shape index (κ2) is 3.81. The zero-order chi connectivity index (χ0) is 11.9. The van der Waals surface area contributed by atoms with E-state index in [0.717, 1.165) is 29.9 Å². The average molecular weight is 254 g/mol. The van der Waals surface area contributed by atoms with Crippen molar-refractivity contribution in [3.63, 3.8) is 0 Å². The number of rotatable bonds is 3. The van der Waals surface area contributed by atoms with Crippen LogP contribution in [-0.4, -0.2) is 18.6 Å². The van der Waals surface area contributed by atoms with Gasteiger partial charge < -0.3 is 14.8 Å². The summed E-state index contributed by atoms with van der Waals surface area (Å²) in [5, 5.41) is 2.96. The zero-order valence-electron chi connectivity index (χ0n) is 9.16. The molecular weight excluding hydrogens is 242 g/mol. The lowest BCUT2D eigenvalue weighted by molar-refractivity contribution is -0.119. The van der Waals surface area contributed by atoms with Gasteiger partial charge in [0.05, 0.1) is 5.54 Å². The number of fused-ring (bicyclic) bond motifs is 1. The first kappa shape index (κ1) is 10.7. The van der Waals surface area contributed by atoms with E-state index in [4.69, 9.17) is 21.1 Å². The fourth-order valence-electron chi connectivity index (χ4n) is 2.11. The smallest absolute Gasteiger partial charge is 0.235 e. The Kier molecular flexibility index (Phi) is 2.40. The molecule has 0 saturated heterocycles. The topological polar surface area (TPSA) is 47.6 Å². The predicted octanol–water partition coefficient (Wildman–Crippen LogP) is 1.76. The first-order valence-electron chi connectivity index (χ1n) is 5.51. The van der Waals surface area contributed by atoms with Gasteiger partial charge in [-0.05, 0) is 30.5 Å². The Balaban J connectivity index is 1.86. The monoisotopic (exact) mass is 253 g/mol. The van der Waals surface area contributed by atoms with Crippen LogP contribution in [-0.2, 0) is 10.3 Å². The molecule has 1 N–H and O–H groups in total. The molecule has 1 heterocycles. The minimum Gasteiger partial charge on any atom is -0.454 e. The molecule has 17 heavy (non-hydrogen) atoms. The Morgan fingerprint density at radius 2 is 2.12 bits per heavy atom. The van der Waals surface area contributed by atoms with Crippen molar-refractivity contribution < 1.29 is 14.3 Å². The summed E-state index contributed by atoms with van der Waals surface area (Å²) >= 11 is 5.51. The van der Waals surface area contributed by atoms with Crippen molar-refractivity contribution in [2.24, 2.45) is 0 Å². The summed E-state index contributed by atoms with van der Waals surface area (Å²) in [5.74, 6) is 1.36. The molecule has 0 radical (unpaired) electrons. The number of hydrogen-bond donors (Lipinski definition) is 1. The zero-order valence-corrected chi connectivity index (χ0v) is 9.92. The van der Waals surface area contributed by atoms with Crippen molar-refractivity contribution in [3.8, 4) is 11.5 Å². The summed E-state index contributed by atoms with van der Waals surface area (Å²) < 4.78 is 10.6. The van der Waals surface area contributed by atoms with Crippen LogP contribution >= 0.6 is 11.6 Å². The number of carbonyl (C=O) groups is 1. The Morgan fingerprint density at radius 3 is 2.82 bits per heavy atom. The van der Waals surface area contributed by atoms with Gasteiger partial charge in [0.25, 0.3) is 0 Å². The molecule has 0 aromatic heterocycles. The Bertz CT molecular complexity index is 471. The van der Waals surface area contributed by atoms with Crippen LogP contribution in [0.1, 0.15) is 18.4 Å². The maximum Gasteiger partial charge on any atom is 0.235 e. The van der Waals surface area contributed by atoms with Crippen molar-refractivity contribution in [2.45, 2.75) is 18.4 Å². The van der Waals surface area contributed by atoms with Gasteiger partial charge in [-0.25, -0.2) is 0 Å². The lowest BCUT2D eigenvalue weighted by Gasteiger charge is -2.17. The fourth-order valence-corrected chi connectivity index (χ4v) is 2.17. The van der Waals surface area contributed by atoms with Gasteiger partial charge in [-0.1, -0.05) is 6.07 Å². The van der Waals surface area contributed by atoms with Crippen LogP contribution in [0.3, 0.4) is 0 Å². The van der Waals surface area contributed by atoms with E-state index in [9.17, 15) is 4.79 Å². The minimum absolute atomic E-state index is 0.00764. The SMILES string of the molecule is O=C(CCl)NC1(c2ccc3c(c2)OCO3)CC1. The van der Waals surface area contributed by atoms with Crippen LogP contribution in [0.15, 0.2) is 18.2 Å². The summed E-state index contributed by atoms with van der Waals surface area (Å²) in [5.41, 5.74) is 0.813. The van der Waals surface area contributed by atoms with Crippen LogP contribution in [0.25, 0.3) is 0 Å². The molecule has 1 amide bonds. The molecule has 0 unspecified atom stereocenters. The second-order valence-electron chi connectivity index (χ2n) is 4.33. The van der Waals surface area contributed by atoms with E-state index in [1.54, 1.807) is 0 Å². The first-order chi connectivity index (χ1) is 8.23. The number of amides is 1. The van der Waals surface area contributed by atoms with E-state index >= 15 is 0 Å². The largest absolute Gasteiger partial charge is 0.454 e. The minimum atomic E-state index is -0.243. The molecule has 3 rings (SSSR count). The van der Waals surface area contributed by atoms with Gasteiger partial charge in [-0.3, -0.25) is 4.79 Å². The van der Waals surface area contributed by atoms with Gasteiger partial charge in [0, 0.05) is 0 Å². The number of benzene rings is 1. The van der Waals surface area contributed by atoms with Gasteiger partial charge in [0.1, 0.15) is 5.88 Å². The number of nitrogens with one attached hydrogen (secondary N) is 1. The molecule has 2 aliphatic rings. The molecule has 1 fully saturated rings. The molecule has 1 aromatic carbocycles. The van der Waals surface area contributed by atoms with Crippen LogP contribution in [0.4, 0.5) is 0 Å². The van der Waals surface area contributed by atoms with Crippen LogP contribution < -0.4 is 14.8 Å². The first-order valence-corrected chi connectivity index (χ1v) is 6.04. The van der Waals surface area contributed by atoms with Crippen molar-refractivity contribution in [3.05, 3.63) is 23.8 Å². The third-order valence-corrected chi connectivity index (χ3v) is 3.42. The third-order valence-electron chi connectivity index (χ3n) is 3.18. The van der Waals surface area contributed by atoms with Crippen molar-refractivity contribution in [1.82, 2.24) is 5.32 Å². The lowest BCUT2D eigenvalue weighted by atomic mass is 10.0. The third kappa shape index (κ3) is 1.82. The summed E-state index contributed by atoms with van der Waals surface area (Å²) in [6, 6.07) is 5.78. The van der Waals surface area contributed by atoms with Gasteiger partial charge >= 0.3 is 0 Å². The molecular formula is C12H12ClNO3. The highest BCUT2D eigenvalue weighted by Crippen LogP contribution is 2.48. The van der Waals surface area contributed by atoms with Gasteiger partial charge in [-0.2, -0.15) is 0 Å². The summed E-state index contributed by atoms with van der Waals surface area (Å²) in [4.78, 5) is 11.4. The number of ether oxygens (including phenoxy) is 2. The second-order valence-corrected chi connectivity index (χ2v) is 4.60. The highest BCUT2D eigenvalue weighted by atomic mass is 35.5. The molecule has 5 heteroatoms. The highest BCUT2D eigenvalue weighted by Gasteiger charge is 2.46. The number of carbonyl (C=O) groups excluding carboxylic acids is 1. The standard InChI is InChI=1S/C12H12ClNO3/c13-6-11(15)14-12(3-4-12)8-1-2-9-10(5-8)17-7-16-9/h1-2,5H,3-4,6-7H2,(H,14,15). The Labute approximate surface area is 104 Å². The number of halogens is 1. The maximum atomic E-state index is 11.4. The lowest BCUT2D eigenvalue weighted by Crippen LogP contribution is -2.35. The summed E-state index contributed by atoms with van der Waals surface area (Å²) in [6.45, 7) is 0.264. The normalized spacial score (nSPS) is 18.9. The van der Waals surface area contributed by atoms with E-state index in [1.165, 1.54) is 0 Å². The van der Waals surface area contributed by atoms with E-state index in [-0.39, 0.29) is 24.1 Å². The van der Waals surface area contributed by atoms with Crippen LogP contribution in [0.2, 0.25) is 0 Å². The predicted molar refractivity (Wildman–Crippen MR) is 62.3 cm³/mol. The van der Waals surface area contributed by atoms with Crippen LogP contribution in [0.5, 0.6) is 11.5 Å². The van der Waals surface area contributed by atoms with E-state index < -0.39 is 0 Å². The average Bonchev–Trinajstić information content (AvgIpc) is 2.97. The summed E-state index contributed by atoms with van der Waals surface area (Å²) in [6.07, 6.45) is 1.88. The molecule has 0 atom stereocenters. The maximum absolute atomic E-state index is 11.4. The van der Waals surface area contributed by atoms with E-state index in [2.05, 4.69) is 5.32 Å². The molecule has 1 saturated carbocycles. The molecule has 4 nitrogen and oxygen atoms in total. The molecule has 0 bridgehead atoms. The quantitative estimate of drug-likeness (QED) is 0.835. The van der Waals surface area contributed by atoms with Gasteiger partial charge in [0.15, 0.2) is 11.5 Å². The van der Waals surface area contributed by atoms with Gasteiger partial charge in [0.2, 0.25) is 12.7 Å². The molecule has 1 aromatic rings. The van der Waals surface area contributed by atoms with Crippen molar-refractivity contribution >= 4 is 17.5 Å².